The number of carbonyl (C=O) groups is 2. The minimum Gasteiger partial charge on any atom is -0.461 e. The van der Waals surface area contributed by atoms with Gasteiger partial charge in [0.2, 0.25) is 0 Å². The Labute approximate surface area is 215 Å². The maximum atomic E-state index is 13.5. The number of aliphatic hydroxyl groups is 1. The summed E-state index contributed by atoms with van der Waals surface area (Å²) in [6.07, 6.45) is 8.19. The Hall–Kier alpha value is -0.850. The molecular formula is C29H45NO4S. The van der Waals surface area contributed by atoms with Gasteiger partial charge in [0.05, 0.1) is 11.9 Å². The average Bonchev–Trinajstić information content (AvgIpc) is 3.22. The second-order valence-corrected chi connectivity index (χ2v) is 14.6. The number of piperidine rings is 3. The molecule has 3 saturated heterocycles. The number of fused-ring (bicyclic) bond motifs is 3. The first-order valence-corrected chi connectivity index (χ1v) is 14.9. The van der Waals surface area contributed by atoms with E-state index in [1.807, 2.05) is 6.08 Å². The number of thioether (sulfide) groups is 1. The molecule has 196 valence electrons. The van der Waals surface area contributed by atoms with Crippen molar-refractivity contribution < 1.29 is 19.4 Å². The van der Waals surface area contributed by atoms with Gasteiger partial charge in [-0.05, 0) is 81.8 Å². The normalized spacial score (nSPS) is 51.3. The van der Waals surface area contributed by atoms with Gasteiger partial charge in [0, 0.05) is 27.9 Å². The molecular weight excluding hydrogens is 458 g/mol. The number of nitrogens with zero attached hydrogens (tertiary/aromatic N) is 1. The predicted molar refractivity (Wildman–Crippen MR) is 140 cm³/mol. The topological polar surface area (TPSA) is 66.8 Å². The Bertz CT molecular complexity index is 870. The smallest absolute Gasteiger partial charge is 0.316 e. The van der Waals surface area contributed by atoms with E-state index in [2.05, 4.69) is 39.2 Å². The van der Waals surface area contributed by atoms with E-state index < -0.39 is 23.0 Å². The number of hydrogen-bond donors (Lipinski definition) is 1. The van der Waals surface area contributed by atoms with Crippen molar-refractivity contribution in [2.24, 2.45) is 34.0 Å². The van der Waals surface area contributed by atoms with Gasteiger partial charge in [-0.15, -0.1) is 18.3 Å². The van der Waals surface area contributed by atoms with Gasteiger partial charge in [0.1, 0.15) is 11.9 Å². The summed E-state index contributed by atoms with van der Waals surface area (Å²) in [4.78, 5) is 29.5. The summed E-state index contributed by atoms with van der Waals surface area (Å²) >= 11 is 1.80. The Morgan fingerprint density at radius 2 is 1.83 bits per heavy atom. The zero-order valence-corrected chi connectivity index (χ0v) is 23.0. The maximum absolute atomic E-state index is 13.5. The van der Waals surface area contributed by atoms with E-state index in [1.165, 1.54) is 0 Å². The average molecular weight is 504 g/mol. The van der Waals surface area contributed by atoms with Crippen molar-refractivity contribution in [1.29, 1.82) is 0 Å². The van der Waals surface area contributed by atoms with Gasteiger partial charge >= 0.3 is 5.97 Å². The number of Topliss-reactive ketones (excluding diaryl/α,β-unsaturated/α-hetero) is 1. The van der Waals surface area contributed by atoms with Gasteiger partial charge < -0.3 is 14.7 Å². The summed E-state index contributed by atoms with van der Waals surface area (Å²) in [6.45, 7) is 16.2. The van der Waals surface area contributed by atoms with E-state index in [0.717, 1.165) is 58.2 Å². The molecule has 35 heavy (non-hydrogen) atoms. The number of hydrogen-bond acceptors (Lipinski definition) is 6. The van der Waals surface area contributed by atoms with Crippen molar-refractivity contribution in [3.8, 4) is 0 Å². The molecule has 3 aliphatic heterocycles. The van der Waals surface area contributed by atoms with E-state index in [1.54, 1.807) is 11.8 Å². The molecule has 3 aliphatic carbocycles. The highest BCUT2D eigenvalue weighted by atomic mass is 32.2. The molecule has 0 aromatic rings. The summed E-state index contributed by atoms with van der Waals surface area (Å²) in [5.41, 5.74) is -1.23. The number of esters is 1. The highest BCUT2D eigenvalue weighted by Gasteiger charge is 2.68. The second-order valence-electron chi connectivity index (χ2n) is 13.1. The van der Waals surface area contributed by atoms with Crippen molar-refractivity contribution in [3.63, 3.8) is 0 Å². The van der Waals surface area contributed by atoms with Crippen LogP contribution in [0.15, 0.2) is 12.7 Å². The number of ketones is 1. The third-order valence-corrected chi connectivity index (χ3v) is 13.3. The summed E-state index contributed by atoms with van der Waals surface area (Å²) in [7, 11) is 0. The zero-order chi connectivity index (χ0) is 25.2. The minimum atomic E-state index is -0.617. The summed E-state index contributed by atoms with van der Waals surface area (Å²) in [6, 6.07) is 0. The molecule has 0 aromatic heterocycles. The standard InChI is InChI=1S/C29H45NO4S/c1-6-26(4)17-22(34-23(32)18-35-28-11-14-30(15-12-28)16-13-28)27(5)19(2)7-9-29(20(3)25(26)33)10-8-21(31)24(27)29/h6,19-20,22,24-25,33H,1,7-18H2,2-5H3/t19-,20+,22-,24?,25+,26-,27?,29-/m1/s1. The molecule has 1 N–H and O–H groups in total. The minimum absolute atomic E-state index is 0.00255. The van der Waals surface area contributed by atoms with Crippen LogP contribution in [0, 0.1) is 34.0 Å². The lowest BCUT2D eigenvalue weighted by molar-refractivity contribution is -0.205. The van der Waals surface area contributed by atoms with Crippen molar-refractivity contribution in [3.05, 3.63) is 12.7 Å². The molecule has 6 fully saturated rings. The fourth-order valence-corrected chi connectivity index (χ4v) is 10.1. The number of ether oxygens (including phenoxy) is 1. The highest BCUT2D eigenvalue weighted by molar-refractivity contribution is 8.01. The largest absolute Gasteiger partial charge is 0.461 e. The van der Waals surface area contributed by atoms with E-state index >= 15 is 0 Å². The van der Waals surface area contributed by atoms with Gasteiger partial charge in [0.15, 0.2) is 0 Å². The van der Waals surface area contributed by atoms with E-state index in [9.17, 15) is 14.7 Å². The third kappa shape index (κ3) is 3.87. The van der Waals surface area contributed by atoms with E-state index in [4.69, 9.17) is 4.74 Å². The van der Waals surface area contributed by atoms with Crippen LogP contribution in [0.25, 0.3) is 0 Å². The molecule has 4 bridgehead atoms. The fourth-order valence-electron chi connectivity index (χ4n) is 8.92. The van der Waals surface area contributed by atoms with Crippen LogP contribution in [0.5, 0.6) is 0 Å². The van der Waals surface area contributed by atoms with Crippen LogP contribution in [-0.4, -0.2) is 64.1 Å². The molecule has 3 heterocycles. The van der Waals surface area contributed by atoms with Crippen LogP contribution in [0.4, 0.5) is 0 Å². The maximum Gasteiger partial charge on any atom is 0.316 e. The quantitative estimate of drug-likeness (QED) is 0.427. The lowest BCUT2D eigenvalue weighted by atomic mass is 9.44. The molecule has 0 radical (unpaired) electrons. The molecule has 6 rings (SSSR count). The van der Waals surface area contributed by atoms with Gasteiger partial charge in [-0.2, -0.15) is 0 Å². The van der Waals surface area contributed by atoms with Crippen LogP contribution >= 0.6 is 11.8 Å². The summed E-state index contributed by atoms with van der Waals surface area (Å²) in [5, 5.41) is 11.7. The zero-order valence-electron chi connectivity index (χ0n) is 22.2. The summed E-state index contributed by atoms with van der Waals surface area (Å²) in [5.74, 6) is 0.622. The first-order valence-electron chi connectivity index (χ1n) is 13.9. The van der Waals surface area contributed by atoms with Gasteiger partial charge in [-0.25, -0.2) is 0 Å². The van der Waals surface area contributed by atoms with Gasteiger partial charge in [0.25, 0.3) is 0 Å². The molecule has 6 aliphatic rings. The number of rotatable bonds is 5. The number of aliphatic hydroxyl groups excluding tert-OH is 1. The van der Waals surface area contributed by atoms with Crippen LogP contribution in [0.2, 0.25) is 0 Å². The third-order valence-electron chi connectivity index (χ3n) is 11.7. The Morgan fingerprint density at radius 1 is 1.17 bits per heavy atom. The molecule has 0 amide bonds. The first kappa shape index (κ1) is 25.8. The van der Waals surface area contributed by atoms with E-state index in [-0.39, 0.29) is 33.9 Å². The van der Waals surface area contributed by atoms with Crippen LogP contribution in [0.3, 0.4) is 0 Å². The fraction of sp³-hybridized carbons (Fsp3) is 0.862. The van der Waals surface area contributed by atoms with Crippen LogP contribution < -0.4 is 0 Å². The SMILES string of the molecule is C=C[C@]1(C)C[C@@H](OC(=O)CSC23CCN(CC2)CC3)C2(C)C3C(=O)CC[C@]3(CC[C@H]2C)[C@@H](C)[C@@H]1O. The molecule has 5 nitrogen and oxygen atoms in total. The molecule has 6 heteroatoms. The molecule has 0 spiro atoms. The Kier molecular flexibility index (Phi) is 6.54. The summed E-state index contributed by atoms with van der Waals surface area (Å²) < 4.78 is 6.65. The predicted octanol–water partition coefficient (Wildman–Crippen LogP) is 4.86. The van der Waals surface area contributed by atoms with Crippen molar-refractivity contribution in [2.75, 3.05) is 25.4 Å². The molecule has 2 unspecified atom stereocenters. The van der Waals surface area contributed by atoms with Gasteiger partial charge in [-0.1, -0.05) is 33.8 Å². The Morgan fingerprint density at radius 3 is 2.46 bits per heavy atom. The van der Waals surface area contributed by atoms with Crippen molar-refractivity contribution in [2.45, 2.75) is 96.0 Å². The lowest BCUT2D eigenvalue weighted by Gasteiger charge is -2.61. The van der Waals surface area contributed by atoms with Gasteiger partial charge in [-0.3, -0.25) is 9.59 Å². The van der Waals surface area contributed by atoms with Crippen molar-refractivity contribution >= 4 is 23.5 Å². The van der Waals surface area contributed by atoms with E-state index in [0.29, 0.717) is 24.4 Å². The number of carbonyl (C=O) groups excluding carboxylic acids is 2. The van der Waals surface area contributed by atoms with Crippen molar-refractivity contribution in [1.82, 2.24) is 4.90 Å². The molecule has 8 atom stereocenters. The molecule has 0 aromatic carbocycles. The van der Waals surface area contributed by atoms with Crippen LogP contribution in [-0.2, 0) is 14.3 Å². The Balaban J connectivity index is 1.44. The monoisotopic (exact) mass is 503 g/mol. The lowest BCUT2D eigenvalue weighted by Crippen LogP contribution is -2.63. The molecule has 3 saturated carbocycles. The highest BCUT2D eigenvalue weighted by Crippen LogP contribution is 2.68. The first-order chi connectivity index (χ1) is 16.5. The van der Waals surface area contributed by atoms with Crippen LogP contribution in [0.1, 0.15) is 79.1 Å². The second kappa shape index (κ2) is 8.87.